The maximum absolute atomic E-state index is 11.5. The van der Waals surface area contributed by atoms with Gasteiger partial charge in [-0.1, -0.05) is 17.9 Å². The summed E-state index contributed by atoms with van der Waals surface area (Å²) in [5.41, 5.74) is 5.01. The van der Waals surface area contributed by atoms with Crippen molar-refractivity contribution >= 4 is 12.2 Å². The minimum Gasteiger partial charge on any atom is -0.870 e. The molecule has 0 spiro atoms. The molecule has 0 unspecified atom stereocenters. The average Bonchev–Trinajstić information content (AvgIpc) is 2.20. The molecule has 1 aromatic carbocycles. The molecule has 17 heavy (non-hydrogen) atoms. The number of rotatable bonds is 3. The predicted octanol–water partition coefficient (Wildman–Crippen LogP) is -2.05. The molecule has 0 fully saturated rings. The molecule has 0 saturated heterocycles. The van der Waals surface area contributed by atoms with Gasteiger partial charge in [0, 0.05) is 0 Å². The fraction of sp³-hybridized carbons (Fsp3) is 0.111. The van der Waals surface area contributed by atoms with Crippen molar-refractivity contribution in [1.29, 1.82) is 0 Å². The Bertz CT molecular complexity index is 405. The zero-order valence-corrected chi connectivity index (χ0v) is 12.2. The normalized spacial score (nSPS) is 10.5. The molecule has 8 heteroatoms. The molecule has 0 aromatic heterocycles. The molecule has 0 atom stereocenters. The van der Waals surface area contributed by atoms with E-state index in [4.69, 9.17) is 10.5 Å². The first-order valence-corrected chi connectivity index (χ1v) is 4.02. The van der Waals surface area contributed by atoms with E-state index in [1.807, 2.05) is 0 Å². The van der Waals surface area contributed by atoms with Crippen molar-refractivity contribution in [3.05, 3.63) is 23.8 Å². The van der Waals surface area contributed by atoms with Crippen molar-refractivity contribution in [2.24, 2.45) is 15.9 Å². The first-order valence-electron chi connectivity index (χ1n) is 4.02. The number of amidine groups is 1. The third-order valence-corrected chi connectivity index (χ3v) is 1.58. The summed E-state index contributed by atoms with van der Waals surface area (Å²) < 4.78 is 4.82. The van der Waals surface area contributed by atoms with Gasteiger partial charge in [-0.2, -0.15) is 5.10 Å². The van der Waals surface area contributed by atoms with Crippen LogP contribution in [0.1, 0.15) is 5.56 Å². The maximum Gasteiger partial charge on any atom is 2.00 e. The van der Waals surface area contributed by atoms with Crippen molar-refractivity contribution < 1.29 is 39.9 Å². The first kappa shape index (κ1) is 17.7. The Hall–Kier alpha value is -1.66. The van der Waals surface area contributed by atoms with E-state index in [2.05, 4.69) is 10.2 Å². The molecule has 0 saturated carbocycles. The number of hydrogen-bond donors (Lipinski definition) is 1. The van der Waals surface area contributed by atoms with Gasteiger partial charge in [0.1, 0.15) is 5.75 Å². The van der Waals surface area contributed by atoms with E-state index in [1.165, 1.54) is 19.2 Å². The summed E-state index contributed by atoms with van der Waals surface area (Å²) in [6.45, 7) is 0. The van der Waals surface area contributed by atoms with E-state index in [9.17, 15) is 10.2 Å². The number of nitrogens with zero attached hydrogens (tertiary/aromatic N) is 2. The Balaban J connectivity index is 0. The largest absolute Gasteiger partial charge is 2.00 e. The third-order valence-electron chi connectivity index (χ3n) is 1.58. The van der Waals surface area contributed by atoms with Gasteiger partial charge in [0.15, 0.2) is 0 Å². The minimum atomic E-state index is -0.915. The van der Waals surface area contributed by atoms with Crippen molar-refractivity contribution in [3.8, 4) is 11.5 Å². The predicted molar refractivity (Wildman–Crippen MR) is 55.3 cm³/mol. The molecule has 0 radical (unpaired) electrons. The van der Waals surface area contributed by atoms with Gasteiger partial charge in [-0.15, -0.1) is 5.10 Å². The molecule has 88 valence electrons. The molecule has 1 rings (SSSR count). The molecule has 0 aliphatic heterocycles. The second-order valence-electron chi connectivity index (χ2n) is 2.56. The van der Waals surface area contributed by atoms with E-state index >= 15 is 0 Å². The molecule has 0 heterocycles. The van der Waals surface area contributed by atoms with Crippen LogP contribution in [0.3, 0.4) is 0 Å². The van der Waals surface area contributed by atoms with E-state index in [-0.39, 0.29) is 42.0 Å². The van der Waals surface area contributed by atoms with E-state index in [0.717, 1.165) is 6.21 Å². The monoisotopic (exact) mass is 289 g/mol. The molecule has 7 nitrogen and oxygen atoms in total. The first-order chi connectivity index (χ1) is 7.15. The van der Waals surface area contributed by atoms with Gasteiger partial charge < -0.3 is 26.2 Å². The number of nitrogens with two attached hydrogens (primary N) is 1. The van der Waals surface area contributed by atoms with Gasteiger partial charge in [0.05, 0.1) is 19.3 Å². The number of methoxy groups -OCH3 is 1. The van der Waals surface area contributed by atoms with Crippen molar-refractivity contribution in [2.45, 2.75) is 0 Å². The van der Waals surface area contributed by atoms with Crippen LogP contribution in [0.15, 0.2) is 28.4 Å². The van der Waals surface area contributed by atoms with Gasteiger partial charge in [-0.05, 0) is 11.6 Å². The second-order valence-corrected chi connectivity index (χ2v) is 2.56. The van der Waals surface area contributed by atoms with E-state index in [1.54, 1.807) is 6.07 Å². The minimum absolute atomic E-state index is 0. The third kappa shape index (κ3) is 5.28. The van der Waals surface area contributed by atoms with Crippen LogP contribution in [0.25, 0.3) is 0 Å². The van der Waals surface area contributed by atoms with Crippen LogP contribution in [-0.4, -0.2) is 24.8 Å². The standard InChI is InChI=1S/C9H11N3O3.H2O.Zn/c1-15-7-4-2-3-6(8(7)13)5-11-12-9(10)14;;/h2-5,13H,1H3,(H3,10,12,14);1H2;/q;;+2/p-2. The zero-order valence-electron chi connectivity index (χ0n) is 9.21. The van der Waals surface area contributed by atoms with Gasteiger partial charge in [-0.3, -0.25) is 0 Å². The fourth-order valence-electron chi connectivity index (χ4n) is 0.943. The summed E-state index contributed by atoms with van der Waals surface area (Å²) in [4.78, 5) is 0. The Kier molecular flexibility index (Phi) is 8.85. The summed E-state index contributed by atoms with van der Waals surface area (Å²) in [5, 5.41) is 28.1. The van der Waals surface area contributed by atoms with Crippen LogP contribution < -0.4 is 20.7 Å². The van der Waals surface area contributed by atoms with Crippen LogP contribution in [0.5, 0.6) is 11.5 Å². The summed E-state index contributed by atoms with van der Waals surface area (Å²) in [5.74, 6) is -0.110. The fourth-order valence-corrected chi connectivity index (χ4v) is 0.943. The maximum atomic E-state index is 11.5. The van der Waals surface area contributed by atoms with Crippen molar-refractivity contribution in [2.75, 3.05) is 7.11 Å². The zero-order chi connectivity index (χ0) is 11.3. The quantitative estimate of drug-likeness (QED) is 0.296. The summed E-state index contributed by atoms with van der Waals surface area (Å²) in [6, 6.07) is 3.78. The Morgan fingerprint density at radius 2 is 2.12 bits per heavy atom. The molecule has 1 aromatic rings. The molecule has 0 aliphatic carbocycles. The molecule has 0 amide bonds. The van der Waals surface area contributed by atoms with Gasteiger partial charge in [-0.25, -0.2) is 0 Å². The Morgan fingerprint density at radius 3 is 2.65 bits per heavy atom. The van der Waals surface area contributed by atoms with Gasteiger partial charge >= 0.3 is 19.5 Å². The van der Waals surface area contributed by atoms with E-state index in [0.29, 0.717) is 0 Å². The van der Waals surface area contributed by atoms with Crippen LogP contribution in [0.2, 0.25) is 0 Å². The second kappa shape index (κ2) is 8.49. The van der Waals surface area contributed by atoms with Crippen LogP contribution in [0.4, 0.5) is 0 Å². The average molecular weight is 291 g/mol. The molecule has 0 aliphatic rings. The summed E-state index contributed by atoms with van der Waals surface area (Å²) in [6.07, 6.45) is 1.15. The summed E-state index contributed by atoms with van der Waals surface area (Å²) >= 11 is 0. The van der Waals surface area contributed by atoms with Crippen molar-refractivity contribution in [3.63, 3.8) is 0 Å². The molecular formula is C9H11N3O4Zn. The van der Waals surface area contributed by atoms with Crippen molar-refractivity contribution in [1.82, 2.24) is 0 Å². The van der Waals surface area contributed by atoms with E-state index < -0.39 is 6.02 Å². The topological polar surface area (TPSA) is 138 Å². The van der Waals surface area contributed by atoms with Gasteiger partial charge in [0.25, 0.3) is 0 Å². The van der Waals surface area contributed by atoms with Gasteiger partial charge in [0.2, 0.25) is 0 Å². The molecule has 0 bridgehead atoms. The van der Waals surface area contributed by atoms with Crippen LogP contribution in [-0.2, 0) is 19.5 Å². The summed E-state index contributed by atoms with van der Waals surface area (Å²) in [7, 11) is 1.39. The Morgan fingerprint density at radius 1 is 1.47 bits per heavy atom. The molecule has 4 N–H and O–H groups in total. The SMILES string of the molecule is COc1cccc(C=N/N=C(/N)[O-])c1[O-].O.[Zn+2]. The number of benzene rings is 1. The smallest absolute Gasteiger partial charge is 0.870 e. The van der Waals surface area contributed by atoms with Crippen LogP contribution >= 0.6 is 0 Å². The molecular weight excluding hydrogens is 280 g/mol. The Labute approximate surface area is 111 Å². The number of para-hydroxylation sites is 1. The number of ether oxygens (including phenoxy) is 1. The number of hydrogen-bond acceptors (Lipinski definition) is 5. The van der Waals surface area contributed by atoms with Crippen LogP contribution in [0, 0.1) is 0 Å².